The highest BCUT2D eigenvalue weighted by Gasteiger charge is 2.32. The first kappa shape index (κ1) is 15.4. The summed E-state index contributed by atoms with van der Waals surface area (Å²) in [5.41, 5.74) is 1.76. The molecule has 0 heterocycles. The van der Waals surface area contributed by atoms with Crippen LogP contribution in [0.25, 0.3) is 0 Å². The molecule has 1 aliphatic rings. The lowest BCUT2D eigenvalue weighted by Crippen LogP contribution is -2.39. The fourth-order valence-corrected chi connectivity index (χ4v) is 3.22. The molecule has 2 nitrogen and oxygen atoms in total. The molecule has 112 valence electrons. The second-order valence-electron chi connectivity index (χ2n) is 6.16. The maximum absolute atomic E-state index is 5.29. The number of rotatable bonds is 9. The molecular formula is C18H29NO. The lowest BCUT2D eigenvalue weighted by atomic mass is 9.73. The Balaban J connectivity index is 2.19. The molecule has 1 aliphatic carbocycles. The van der Waals surface area contributed by atoms with E-state index in [9.17, 15) is 0 Å². The highest BCUT2D eigenvalue weighted by Crippen LogP contribution is 2.35. The average Bonchev–Trinajstić information content (AvgIpc) is 3.30. The van der Waals surface area contributed by atoms with Crippen LogP contribution in [-0.2, 0) is 5.41 Å². The third-order valence-corrected chi connectivity index (χ3v) is 4.47. The number of hydrogen-bond acceptors (Lipinski definition) is 2. The summed E-state index contributed by atoms with van der Waals surface area (Å²) >= 11 is 0. The highest BCUT2D eigenvalue weighted by molar-refractivity contribution is 5.33. The van der Waals surface area contributed by atoms with Gasteiger partial charge in [-0.1, -0.05) is 38.8 Å². The fraction of sp³-hybridized carbons (Fsp3) is 0.667. The molecule has 2 heteroatoms. The van der Waals surface area contributed by atoms with Gasteiger partial charge in [-0.25, -0.2) is 0 Å². The largest absolute Gasteiger partial charge is 0.497 e. The first-order chi connectivity index (χ1) is 9.74. The summed E-state index contributed by atoms with van der Waals surface area (Å²) in [6.45, 7) is 5.71. The van der Waals surface area contributed by atoms with Crippen molar-refractivity contribution in [1.82, 2.24) is 5.32 Å². The minimum atomic E-state index is 0.290. The Bertz CT molecular complexity index is 388. The molecule has 0 aliphatic heterocycles. The van der Waals surface area contributed by atoms with Gasteiger partial charge in [-0.15, -0.1) is 0 Å². The second-order valence-corrected chi connectivity index (χ2v) is 6.16. The molecule has 1 N–H and O–H groups in total. The van der Waals surface area contributed by atoms with Gasteiger partial charge < -0.3 is 10.1 Å². The van der Waals surface area contributed by atoms with Crippen molar-refractivity contribution < 1.29 is 4.74 Å². The predicted molar refractivity (Wildman–Crippen MR) is 85.5 cm³/mol. The Labute approximate surface area is 123 Å². The van der Waals surface area contributed by atoms with Crippen LogP contribution in [0, 0.1) is 0 Å². The van der Waals surface area contributed by atoms with Gasteiger partial charge in [0.25, 0.3) is 0 Å². The third kappa shape index (κ3) is 3.76. The monoisotopic (exact) mass is 275 g/mol. The van der Waals surface area contributed by atoms with Crippen molar-refractivity contribution in [1.29, 1.82) is 0 Å². The van der Waals surface area contributed by atoms with Gasteiger partial charge in [0.2, 0.25) is 0 Å². The van der Waals surface area contributed by atoms with Gasteiger partial charge in [-0.3, -0.25) is 0 Å². The molecule has 0 saturated heterocycles. The number of ether oxygens (including phenoxy) is 1. The number of hydrogen-bond donors (Lipinski definition) is 1. The Morgan fingerprint density at radius 2 is 1.70 bits per heavy atom. The molecule has 20 heavy (non-hydrogen) atoms. The number of methoxy groups -OCH3 is 1. The minimum Gasteiger partial charge on any atom is -0.497 e. The van der Waals surface area contributed by atoms with Gasteiger partial charge in [0, 0.05) is 18.0 Å². The molecule has 2 rings (SSSR count). The van der Waals surface area contributed by atoms with Crippen LogP contribution in [0.1, 0.15) is 57.9 Å². The molecule has 0 spiro atoms. The third-order valence-electron chi connectivity index (χ3n) is 4.47. The zero-order valence-corrected chi connectivity index (χ0v) is 13.2. The molecule has 1 aromatic rings. The zero-order chi connectivity index (χ0) is 14.4. The quantitative estimate of drug-likeness (QED) is 0.726. The SMILES string of the molecule is CCCC(CCC)(CNC1CC1)c1ccc(OC)cc1. The second kappa shape index (κ2) is 7.12. The van der Waals surface area contributed by atoms with E-state index < -0.39 is 0 Å². The average molecular weight is 275 g/mol. The summed E-state index contributed by atoms with van der Waals surface area (Å²) in [6.07, 6.45) is 7.70. The summed E-state index contributed by atoms with van der Waals surface area (Å²) in [5, 5.41) is 3.76. The van der Waals surface area contributed by atoms with Crippen molar-refractivity contribution in [2.45, 2.75) is 63.8 Å². The van der Waals surface area contributed by atoms with Gasteiger partial charge in [0.15, 0.2) is 0 Å². The predicted octanol–water partition coefficient (Wildman–Crippen LogP) is 4.29. The van der Waals surface area contributed by atoms with Crippen molar-refractivity contribution in [2.75, 3.05) is 13.7 Å². The van der Waals surface area contributed by atoms with Crippen LogP contribution < -0.4 is 10.1 Å². The van der Waals surface area contributed by atoms with Crippen molar-refractivity contribution in [3.8, 4) is 5.75 Å². The first-order valence-electron chi connectivity index (χ1n) is 8.12. The molecule has 0 aromatic heterocycles. The van der Waals surface area contributed by atoms with E-state index in [0.717, 1.165) is 18.3 Å². The maximum atomic E-state index is 5.29. The summed E-state index contributed by atoms with van der Waals surface area (Å²) in [7, 11) is 1.73. The molecule has 0 radical (unpaired) electrons. The van der Waals surface area contributed by atoms with Gasteiger partial charge in [-0.2, -0.15) is 0 Å². The van der Waals surface area contributed by atoms with Crippen molar-refractivity contribution in [3.05, 3.63) is 29.8 Å². The molecule has 1 aromatic carbocycles. The molecule has 0 amide bonds. The molecule has 0 atom stereocenters. The Morgan fingerprint density at radius 3 is 2.15 bits per heavy atom. The zero-order valence-electron chi connectivity index (χ0n) is 13.2. The first-order valence-corrected chi connectivity index (χ1v) is 8.12. The maximum Gasteiger partial charge on any atom is 0.118 e. The van der Waals surface area contributed by atoms with E-state index in [1.54, 1.807) is 7.11 Å². The summed E-state index contributed by atoms with van der Waals surface area (Å²) in [4.78, 5) is 0. The Morgan fingerprint density at radius 1 is 1.10 bits per heavy atom. The Kier molecular flexibility index (Phi) is 5.47. The van der Waals surface area contributed by atoms with E-state index >= 15 is 0 Å². The minimum absolute atomic E-state index is 0.290. The highest BCUT2D eigenvalue weighted by atomic mass is 16.5. The molecule has 1 fully saturated rings. The number of nitrogens with one attached hydrogen (secondary N) is 1. The topological polar surface area (TPSA) is 21.3 Å². The molecular weight excluding hydrogens is 246 g/mol. The Hall–Kier alpha value is -1.02. The fourth-order valence-electron chi connectivity index (χ4n) is 3.22. The molecule has 0 bridgehead atoms. The van der Waals surface area contributed by atoms with Crippen molar-refractivity contribution in [2.24, 2.45) is 0 Å². The van der Waals surface area contributed by atoms with Crippen molar-refractivity contribution in [3.63, 3.8) is 0 Å². The van der Waals surface area contributed by atoms with Gasteiger partial charge in [0.05, 0.1) is 7.11 Å². The van der Waals surface area contributed by atoms with E-state index in [2.05, 4.69) is 43.4 Å². The molecule has 1 saturated carbocycles. The van der Waals surface area contributed by atoms with E-state index in [1.165, 1.54) is 44.1 Å². The van der Waals surface area contributed by atoms with E-state index in [-0.39, 0.29) is 0 Å². The van der Waals surface area contributed by atoms with E-state index in [4.69, 9.17) is 4.74 Å². The van der Waals surface area contributed by atoms with Gasteiger partial charge >= 0.3 is 0 Å². The van der Waals surface area contributed by atoms with Crippen LogP contribution in [0.5, 0.6) is 5.75 Å². The lowest BCUT2D eigenvalue weighted by Gasteiger charge is -2.35. The molecule has 0 unspecified atom stereocenters. The van der Waals surface area contributed by atoms with Gasteiger partial charge in [0.1, 0.15) is 5.75 Å². The number of benzene rings is 1. The van der Waals surface area contributed by atoms with Crippen LogP contribution in [0.15, 0.2) is 24.3 Å². The summed E-state index contributed by atoms with van der Waals surface area (Å²) < 4.78 is 5.29. The van der Waals surface area contributed by atoms with Crippen LogP contribution in [-0.4, -0.2) is 19.7 Å². The van der Waals surface area contributed by atoms with Crippen LogP contribution >= 0.6 is 0 Å². The summed E-state index contributed by atoms with van der Waals surface area (Å²) in [5.74, 6) is 0.950. The van der Waals surface area contributed by atoms with Gasteiger partial charge in [-0.05, 0) is 43.4 Å². The normalized spacial score (nSPS) is 15.3. The summed E-state index contributed by atoms with van der Waals surface area (Å²) in [6, 6.07) is 9.51. The van der Waals surface area contributed by atoms with Crippen LogP contribution in [0.4, 0.5) is 0 Å². The smallest absolute Gasteiger partial charge is 0.118 e. The standard InChI is InChI=1S/C18H29NO/c1-4-12-18(13-5-2,14-19-16-8-9-16)15-6-10-17(20-3)11-7-15/h6-7,10-11,16,19H,4-5,8-9,12-14H2,1-3H3. The van der Waals surface area contributed by atoms with Crippen LogP contribution in [0.3, 0.4) is 0 Å². The lowest BCUT2D eigenvalue weighted by molar-refractivity contribution is 0.333. The van der Waals surface area contributed by atoms with Crippen LogP contribution in [0.2, 0.25) is 0 Å². The van der Waals surface area contributed by atoms with Crippen molar-refractivity contribution >= 4 is 0 Å². The van der Waals surface area contributed by atoms with E-state index in [1.807, 2.05) is 0 Å². The van der Waals surface area contributed by atoms with E-state index in [0.29, 0.717) is 5.41 Å².